The fourth-order valence-corrected chi connectivity index (χ4v) is 3.80. The Kier molecular flexibility index (Phi) is 6.07. The minimum Gasteiger partial charge on any atom is -0.497 e. The number of rotatable bonds is 6. The van der Waals surface area contributed by atoms with Crippen LogP contribution < -0.4 is 19.7 Å². The van der Waals surface area contributed by atoms with Crippen LogP contribution in [0.15, 0.2) is 66.4 Å². The van der Waals surface area contributed by atoms with Gasteiger partial charge in [0.05, 0.1) is 31.2 Å². The van der Waals surface area contributed by atoms with E-state index in [4.69, 9.17) is 21.1 Å². The highest BCUT2D eigenvalue weighted by Crippen LogP contribution is 2.38. The van der Waals surface area contributed by atoms with E-state index in [1.165, 1.54) is 38.5 Å². The number of halogens is 2. The first kappa shape index (κ1) is 22.4. The van der Waals surface area contributed by atoms with Crippen molar-refractivity contribution in [2.75, 3.05) is 24.4 Å². The molecular weight excluding hydrogens is 447 g/mol. The predicted octanol–water partition coefficient (Wildman–Crippen LogP) is 5.20. The molecule has 6 nitrogen and oxygen atoms in total. The average Bonchev–Trinajstić information content (AvgIpc) is 3.05. The lowest BCUT2D eigenvalue weighted by Crippen LogP contribution is -2.33. The Morgan fingerprint density at radius 3 is 2.33 bits per heavy atom. The number of hydrogen-bond donors (Lipinski definition) is 1. The Morgan fingerprint density at radius 2 is 1.67 bits per heavy atom. The van der Waals surface area contributed by atoms with Gasteiger partial charge < -0.3 is 14.8 Å². The predicted molar refractivity (Wildman–Crippen MR) is 125 cm³/mol. The highest BCUT2D eigenvalue weighted by Gasteiger charge is 2.41. The highest BCUT2D eigenvalue weighted by molar-refractivity contribution is 6.46. The van der Waals surface area contributed by atoms with Crippen LogP contribution in [-0.4, -0.2) is 26.0 Å². The summed E-state index contributed by atoms with van der Waals surface area (Å²) in [5, 5.41) is 3.47. The lowest BCUT2D eigenvalue weighted by atomic mass is 10.0. The summed E-state index contributed by atoms with van der Waals surface area (Å²) in [7, 11) is 3.01. The molecule has 0 saturated heterocycles. The van der Waals surface area contributed by atoms with Gasteiger partial charge in [0.15, 0.2) is 0 Å². The molecule has 1 heterocycles. The van der Waals surface area contributed by atoms with E-state index >= 15 is 0 Å². The first-order chi connectivity index (χ1) is 15.8. The molecule has 4 rings (SSSR count). The maximum Gasteiger partial charge on any atom is 0.282 e. The number of ether oxygens (including phenoxy) is 2. The number of anilines is 2. The Labute approximate surface area is 195 Å². The standard InChI is InChI=1S/C25H20ClFN2O4/c1-14-18(26)5-4-6-20(14)29-24(30)22(15-7-9-16(27)10-8-15)23(25(29)31)28-19-13-17(32-2)11-12-21(19)33-3/h4-13,28H,1-3H3. The van der Waals surface area contributed by atoms with Gasteiger partial charge in [0.1, 0.15) is 23.0 Å². The van der Waals surface area contributed by atoms with Gasteiger partial charge >= 0.3 is 0 Å². The van der Waals surface area contributed by atoms with Crippen molar-refractivity contribution in [3.63, 3.8) is 0 Å². The zero-order valence-electron chi connectivity index (χ0n) is 18.1. The van der Waals surface area contributed by atoms with Gasteiger partial charge in [-0.15, -0.1) is 0 Å². The normalized spacial score (nSPS) is 13.5. The van der Waals surface area contributed by atoms with Crippen molar-refractivity contribution < 1.29 is 23.5 Å². The van der Waals surface area contributed by atoms with Crippen LogP contribution >= 0.6 is 11.6 Å². The molecule has 0 aliphatic carbocycles. The van der Waals surface area contributed by atoms with Crippen LogP contribution in [0.3, 0.4) is 0 Å². The summed E-state index contributed by atoms with van der Waals surface area (Å²) in [6, 6.07) is 15.4. The van der Waals surface area contributed by atoms with Gasteiger partial charge in [-0.3, -0.25) is 9.59 Å². The summed E-state index contributed by atoms with van der Waals surface area (Å²) in [5.41, 5.74) is 1.89. The number of hydrogen-bond acceptors (Lipinski definition) is 5. The minimum absolute atomic E-state index is 0.0255. The zero-order chi connectivity index (χ0) is 23.7. The molecule has 0 aromatic heterocycles. The van der Waals surface area contributed by atoms with E-state index in [0.29, 0.717) is 39.0 Å². The summed E-state index contributed by atoms with van der Waals surface area (Å²) < 4.78 is 24.3. The lowest BCUT2D eigenvalue weighted by molar-refractivity contribution is -0.120. The first-order valence-electron chi connectivity index (χ1n) is 9.99. The largest absolute Gasteiger partial charge is 0.497 e. The number of carbonyl (C=O) groups is 2. The van der Waals surface area contributed by atoms with Crippen LogP contribution in [0.2, 0.25) is 5.02 Å². The SMILES string of the molecule is COc1ccc(OC)c(NC2=C(c3ccc(F)cc3)C(=O)N(c3cccc(Cl)c3C)C2=O)c1. The minimum atomic E-state index is -0.574. The molecule has 8 heteroatoms. The third-order valence-corrected chi connectivity index (χ3v) is 5.77. The van der Waals surface area contributed by atoms with Crippen molar-refractivity contribution in [1.29, 1.82) is 0 Å². The number of methoxy groups -OCH3 is 2. The Morgan fingerprint density at radius 1 is 0.939 bits per heavy atom. The molecule has 0 bridgehead atoms. The summed E-state index contributed by atoms with van der Waals surface area (Å²) in [4.78, 5) is 28.2. The molecule has 0 saturated carbocycles. The summed E-state index contributed by atoms with van der Waals surface area (Å²) in [6.45, 7) is 1.73. The number of nitrogens with one attached hydrogen (secondary N) is 1. The van der Waals surface area contributed by atoms with Crippen LogP contribution in [-0.2, 0) is 9.59 Å². The molecule has 0 unspecified atom stereocenters. The Hall–Kier alpha value is -3.84. The van der Waals surface area contributed by atoms with Crippen molar-refractivity contribution >= 4 is 40.4 Å². The molecule has 1 aliphatic heterocycles. The van der Waals surface area contributed by atoms with Crippen LogP contribution in [0.1, 0.15) is 11.1 Å². The van der Waals surface area contributed by atoms with Crippen molar-refractivity contribution in [3.05, 3.63) is 88.3 Å². The van der Waals surface area contributed by atoms with E-state index in [9.17, 15) is 14.0 Å². The maximum atomic E-state index is 13.6. The van der Waals surface area contributed by atoms with Crippen LogP contribution in [0.5, 0.6) is 11.5 Å². The van der Waals surface area contributed by atoms with Crippen molar-refractivity contribution in [2.24, 2.45) is 0 Å². The van der Waals surface area contributed by atoms with Crippen LogP contribution in [0.4, 0.5) is 15.8 Å². The smallest absolute Gasteiger partial charge is 0.282 e. The molecule has 33 heavy (non-hydrogen) atoms. The average molecular weight is 467 g/mol. The maximum absolute atomic E-state index is 13.6. The quantitative estimate of drug-likeness (QED) is 0.506. The van der Waals surface area contributed by atoms with E-state index in [1.54, 1.807) is 43.3 Å². The van der Waals surface area contributed by atoms with Gasteiger partial charge in [-0.1, -0.05) is 29.8 Å². The molecule has 168 valence electrons. The molecule has 3 aromatic carbocycles. The van der Waals surface area contributed by atoms with Crippen LogP contribution in [0, 0.1) is 12.7 Å². The van der Waals surface area contributed by atoms with E-state index in [2.05, 4.69) is 5.32 Å². The number of benzene rings is 3. The second-order valence-corrected chi connectivity index (χ2v) is 7.68. The van der Waals surface area contributed by atoms with Crippen molar-refractivity contribution in [1.82, 2.24) is 0 Å². The van der Waals surface area contributed by atoms with Crippen molar-refractivity contribution in [2.45, 2.75) is 6.92 Å². The van der Waals surface area contributed by atoms with Gasteiger partial charge in [0.2, 0.25) is 0 Å². The summed E-state index contributed by atoms with van der Waals surface area (Å²) >= 11 is 6.25. The van der Waals surface area contributed by atoms with Gasteiger partial charge in [-0.05, 0) is 54.4 Å². The second-order valence-electron chi connectivity index (χ2n) is 7.28. The Bertz CT molecular complexity index is 1290. The van der Waals surface area contributed by atoms with E-state index in [1.807, 2.05) is 0 Å². The van der Waals surface area contributed by atoms with E-state index < -0.39 is 17.6 Å². The molecule has 3 aromatic rings. The molecule has 0 spiro atoms. The fourth-order valence-electron chi connectivity index (χ4n) is 3.63. The fraction of sp³-hybridized carbons (Fsp3) is 0.120. The van der Waals surface area contributed by atoms with Gasteiger partial charge in [0, 0.05) is 11.1 Å². The number of imide groups is 1. The van der Waals surface area contributed by atoms with Gasteiger partial charge in [-0.25, -0.2) is 9.29 Å². The monoisotopic (exact) mass is 466 g/mol. The second kappa shape index (κ2) is 8.96. The lowest BCUT2D eigenvalue weighted by Gasteiger charge is -2.19. The molecule has 0 fully saturated rings. The first-order valence-corrected chi connectivity index (χ1v) is 10.4. The van der Waals surface area contributed by atoms with Crippen molar-refractivity contribution in [3.8, 4) is 11.5 Å². The number of carbonyl (C=O) groups excluding carboxylic acids is 2. The number of nitrogens with zero attached hydrogens (tertiary/aromatic N) is 1. The van der Waals surface area contributed by atoms with E-state index in [-0.39, 0.29) is 11.3 Å². The summed E-state index contributed by atoms with van der Waals surface area (Å²) in [6.07, 6.45) is 0. The zero-order valence-corrected chi connectivity index (χ0v) is 18.9. The topological polar surface area (TPSA) is 67.9 Å². The highest BCUT2D eigenvalue weighted by atomic mass is 35.5. The molecule has 0 radical (unpaired) electrons. The Balaban J connectivity index is 1.88. The van der Waals surface area contributed by atoms with Crippen LogP contribution in [0.25, 0.3) is 5.57 Å². The number of amides is 2. The third kappa shape index (κ3) is 4.03. The summed E-state index contributed by atoms with van der Waals surface area (Å²) in [5.74, 6) is -0.612. The molecule has 1 N–H and O–H groups in total. The van der Waals surface area contributed by atoms with Gasteiger partial charge in [-0.2, -0.15) is 0 Å². The van der Waals surface area contributed by atoms with Gasteiger partial charge in [0.25, 0.3) is 11.8 Å². The van der Waals surface area contributed by atoms with E-state index in [0.717, 1.165) is 4.90 Å². The molecular formula is C25H20ClFN2O4. The molecule has 2 amide bonds. The molecule has 0 atom stereocenters. The third-order valence-electron chi connectivity index (χ3n) is 5.36. The molecule has 1 aliphatic rings.